The molecule has 0 bridgehead atoms. The second-order valence-corrected chi connectivity index (χ2v) is 26.3. The second-order valence-electron chi connectivity index (χ2n) is 24.8. The molecule has 0 aliphatic rings. The molecular weight excluding hydrogens is 1050 g/mol. The molecule has 10 heteroatoms. The molecule has 9 nitrogen and oxygen atoms in total. The number of hydrogen-bond donors (Lipinski definition) is 2. The zero-order valence-electron chi connectivity index (χ0n) is 55.2. The molecule has 0 saturated carbocycles. The quantitative estimate of drug-likeness (QED) is 0.0264. The maximum Gasteiger partial charge on any atom is 0.472 e. The number of ether oxygens (including phenoxy) is 2. The highest BCUT2D eigenvalue weighted by Crippen LogP contribution is 2.43. The van der Waals surface area contributed by atoms with E-state index in [1.165, 1.54) is 302 Å². The average molecular weight is 1190 g/mol. The van der Waals surface area contributed by atoms with Gasteiger partial charge in [-0.25, -0.2) is 4.57 Å². The molecule has 0 aromatic heterocycles. The maximum absolute atomic E-state index is 12.8. The van der Waals surface area contributed by atoms with E-state index in [1.54, 1.807) is 0 Å². The molecule has 0 fully saturated rings. The zero-order chi connectivity index (χ0) is 60.1. The molecule has 83 heavy (non-hydrogen) atoms. The van der Waals surface area contributed by atoms with Crippen LogP contribution in [0.25, 0.3) is 0 Å². The van der Waals surface area contributed by atoms with Gasteiger partial charge in [0, 0.05) is 19.4 Å². The Hall–Kier alpha value is -1.77. The van der Waals surface area contributed by atoms with E-state index in [0.29, 0.717) is 6.42 Å². The smallest absolute Gasteiger partial charge is 0.462 e. The van der Waals surface area contributed by atoms with Crippen LogP contribution in [0.2, 0.25) is 0 Å². The highest BCUT2D eigenvalue weighted by Gasteiger charge is 2.26. The van der Waals surface area contributed by atoms with E-state index in [4.69, 9.17) is 24.3 Å². The lowest BCUT2D eigenvalue weighted by Crippen LogP contribution is -2.29. The van der Waals surface area contributed by atoms with Crippen molar-refractivity contribution >= 4 is 19.8 Å². The van der Waals surface area contributed by atoms with Gasteiger partial charge in [-0.15, -0.1) is 0 Å². The fourth-order valence-corrected chi connectivity index (χ4v) is 11.9. The summed E-state index contributed by atoms with van der Waals surface area (Å²) in [5, 5.41) is 0. The summed E-state index contributed by atoms with van der Waals surface area (Å²) in [4.78, 5) is 35.4. The topological polar surface area (TPSA) is 134 Å². The summed E-state index contributed by atoms with van der Waals surface area (Å²) in [7, 11) is -4.39. The van der Waals surface area contributed by atoms with Crippen molar-refractivity contribution in [1.82, 2.24) is 0 Å². The van der Waals surface area contributed by atoms with Gasteiger partial charge in [-0.1, -0.05) is 359 Å². The number of hydrogen-bond acceptors (Lipinski definition) is 8. The summed E-state index contributed by atoms with van der Waals surface area (Å²) in [5.41, 5.74) is 5.40. The van der Waals surface area contributed by atoms with Crippen LogP contribution in [0.3, 0.4) is 0 Å². The average Bonchev–Trinajstić information content (AvgIpc) is 3.48. The molecule has 0 aromatic rings. The number of phosphoric acid groups is 1. The fourth-order valence-electron chi connectivity index (χ4n) is 11.1. The van der Waals surface area contributed by atoms with Gasteiger partial charge in [-0.3, -0.25) is 18.6 Å². The Bertz CT molecular complexity index is 1450. The highest BCUT2D eigenvalue weighted by atomic mass is 31.2. The number of rotatable bonds is 70. The summed E-state index contributed by atoms with van der Waals surface area (Å²) >= 11 is 0. The van der Waals surface area contributed by atoms with Crippen LogP contribution in [0, 0.1) is 0 Å². The van der Waals surface area contributed by atoms with Crippen LogP contribution in [0.4, 0.5) is 0 Å². The third-order valence-corrected chi connectivity index (χ3v) is 17.5. The summed E-state index contributed by atoms with van der Waals surface area (Å²) in [5.74, 6) is -0.809. The Morgan fingerprint density at radius 2 is 0.627 bits per heavy atom. The van der Waals surface area contributed by atoms with Crippen LogP contribution < -0.4 is 5.73 Å². The first kappa shape index (κ1) is 81.2. The first-order valence-electron chi connectivity index (χ1n) is 36.5. The number of allylic oxidation sites excluding steroid dienone is 6. The molecule has 0 aliphatic heterocycles. The first-order chi connectivity index (χ1) is 40.8. The lowest BCUT2D eigenvalue weighted by Gasteiger charge is -2.19. The molecule has 0 aliphatic carbocycles. The van der Waals surface area contributed by atoms with E-state index in [0.717, 1.165) is 51.4 Å². The molecule has 490 valence electrons. The van der Waals surface area contributed by atoms with Crippen LogP contribution in [-0.2, 0) is 32.7 Å². The molecule has 0 saturated heterocycles. The molecule has 0 heterocycles. The summed E-state index contributed by atoms with van der Waals surface area (Å²) < 4.78 is 33.2. The van der Waals surface area contributed by atoms with E-state index in [-0.39, 0.29) is 38.6 Å². The van der Waals surface area contributed by atoms with Gasteiger partial charge in [-0.2, -0.15) is 0 Å². The third-order valence-electron chi connectivity index (χ3n) is 16.5. The Kier molecular flexibility index (Phi) is 67.9. The van der Waals surface area contributed by atoms with E-state index in [1.807, 2.05) is 0 Å². The summed E-state index contributed by atoms with van der Waals surface area (Å²) in [6.07, 6.45) is 86.9. The number of phosphoric ester groups is 1. The SMILES string of the molecule is CCCCCCC/C=C\C/C=C\C/C=C\CCCCCCCCCCCCCCC(=O)OC(COC(=O)CCCCCCCCCCCCCCCCCCCCCCCCCCCCCCCCCCCCC)COP(=O)(O)OCCN. The second kappa shape index (κ2) is 69.3. The number of carbonyl (C=O) groups is 2. The summed E-state index contributed by atoms with van der Waals surface area (Å²) in [6.45, 7) is 3.80. The standard InChI is InChI=1S/C73H140NO8P/c1-3-5-7-9-11-13-15-17-19-21-23-25-27-29-31-32-33-34-35-36-37-38-40-41-43-45-47-49-51-53-55-57-59-61-63-65-72(75)79-69-71(70-81-83(77,78)80-68-67-74)82-73(76)66-64-62-60-58-56-54-52-50-48-46-44-42-39-30-28-26-24-22-20-18-16-14-12-10-8-6-4-2/h16,18,22,24,28,30,71H,3-15,17,19-21,23,25-27,29,31-70,74H2,1-2H3,(H,77,78)/b18-16-,24-22-,30-28-. The van der Waals surface area contributed by atoms with Gasteiger partial charge in [0.25, 0.3) is 0 Å². The van der Waals surface area contributed by atoms with Crippen molar-refractivity contribution in [2.24, 2.45) is 5.73 Å². The van der Waals surface area contributed by atoms with Gasteiger partial charge in [-0.05, 0) is 51.4 Å². The normalized spacial score (nSPS) is 13.1. The number of nitrogens with two attached hydrogens (primary N) is 1. The van der Waals surface area contributed by atoms with Crippen molar-refractivity contribution in [2.75, 3.05) is 26.4 Å². The Morgan fingerprint density at radius 1 is 0.361 bits per heavy atom. The molecule has 2 atom stereocenters. The van der Waals surface area contributed by atoms with Crippen molar-refractivity contribution in [3.05, 3.63) is 36.5 Å². The van der Waals surface area contributed by atoms with Gasteiger partial charge in [0.15, 0.2) is 6.10 Å². The van der Waals surface area contributed by atoms with Gasteiger partial charge in [0.1, 0.15) is 6.61 Å². The van der Waals surface area contributed by atoms with Crippen molar-refractivity contribution in [1.29, 1.82) is 0 Å². The number of unbranched alkanes of at least 4 members (excludes halogenated alkanes) is 51. The minimum absolute atomic E-state index is 0.0548. The molecule has 0 amide bonds. The monoisotopic (exact) mass is 1190 g/mol. The largest absolute Gasteiger partial charge is 0.472 e. The van der Waals surface area contributed by atoms with Gasteiger partial charge < -0.3 is 20.1 Å². The van der Waals surface area contributed by atoms with Crippen LogP contribution in [0.5, 0.6) is 0 Å². The predicted molar refractivity (Wildman–Crippen MR) is 358 cm³/mol. The highest BCUT2D eigenvalue weighted by molar-refractivity contribution is 7.47. The summed E-state index contributed by atoms with van der Waals surface area (Å²) in [6, 6.07) is 0. The predicted octanol–water partition coefficient (Wildman–Crippen LogP) is 23.9. The molecule has 2 unspecified atom stereocenters. The maximum atomic E-state index is 12.8. The van der Waals surface area contributed by atoms with Crippen molar-refractivity contribution in [2.45, 2.75) is 392 Å². The van der Waals surface area contributed by atoms with E-state index in [2.05, 4.69) is 50.3 Å². The lowest BCUT2D eigenvalue weighted by atomic mass is 10.0. The molecular formula is C73H140NO8P. The van der Waals surface area contributed by atoms with Crippen molar-refractivity contribution in [3.63, 3.8) is 0 Å². The van der Waals surface area contributed by atoms with Crippen LogP contribution in [0.15, 0.2) is 36.5 Å². The Balaban J connectivity index is 3.79. The van der Waals surface area contributed by atoms with Crippen LogP contribution in [-0.4, -0.2) is 49.3 Å². The van der Waals surface area contributed by atoms with Crippen molar-refractivity contribution in [3.8, 4) is 0 Å². The zero-order valence-corrected chi connectivity index (χ0v) is 56.1. The van der Waals surface area contributed by atoms with E-state index >= 15 is 0 Å². The number of carbonyl (C=O) groups excluding carboxylic acids is 2. The lowest BCUT2D eigenvalue weighted by molar-refractivity contribution is -0.161. The minimum Gasteiger partial charge on any atom is -0.462 e. The van der Waals surface area contributed by atoms with Gasteiger partial charge in [0.2, 0.25) is 0 Å². The fraction of sp³-hybridized carbons (Fsp3) is 0.890. The molecule has 0 spiro atoms. The Morgan fingerprint density at radius 3 is 0.928 bits per heavy atom. The molecule has 3 N–H and O–H groups in total. The molecule has 0 aromatic carbocycles. The van der Waals surface area contributed by atoms with E-state index in [9.17, 15) is 19.0 Å². The first-order valence-corrected chi connectivity index (χ1v) is 38.0. The van der Waals surface area contributed by atoms with Crippen LogP contribution >= 0.6 is 7.82 Å². The molecule has 0 rings (SSSR count). The minimum atomic E-state index is -4.39. The third kappa shape index (κ3) is 69.2. The van der Waals surface area contributed by atoms with Gasteiger partial charge >= 0.3 is 19.8 Å². The number of esters is 2. The van der Waals surface area contributed by atoms with Crippen LogP contribution in [0.1, 0.15) is 386 Å². The van der Waals surface area contributed by atoms with E-state index < -0.39 is 26.5 Å². The van der Waals surface area contributed by atoms with Gasteiger partial charge in [0.05, 0.1) is 13.2 Å². The Labute approximate surface area is 515 Å². The van der Waals surface area contributed by atoms with Crippen molar-refractivity contribution < 1.29 is 37.6 Å². The molecule has 0 radical (unpaired) electrons.